The standard InChI is InChI=1S/C15H15F2NO3S/c1-2-9-21-15-6-4-3-5-14(15)18-22(19,20)11-7-8-12(16)13(17)10-11/h3-8,10,18H,2,9H2,1H3. The van der Waals surface area contributed by atoms with E-state index >= 15 is 0 Å². The van der Waals surface area contributed by atoms with Crippen molar-refractivity contribution in [2.45, 2.75) is 18.2 Å². The summed E-state index contributed by atoms with van der Waals surface area (Å²) < 4.78 is 58.3. The Bertz CT molecular complexity index is 763. The summed E-state index contributed by atoms with van der Waals surface area (Å²) in [5, 5.41) is 0. The molecule has 0 atom stereocenters. The van der Waals surface area contributed by atoms with Gasteiger partial charge in [-0.05, 0) is 36.8 Å². The molecule has 0 aliphatic rings. The third-order valence-corrected chi connectivity index (χ3v) is 4.16. The summed E-state index contributed by atoms with van der Waals surface area (Å²) in [6.07, 6.45) is 0.768. The van der Waals surface area contributed by atoms with Crippen LogP contribution < -0.4 is 9.46 Å². The van der Waals surface area contributed by atoms with E-state index in [4.69, 9.17) is 4.74 Å². The van der Waals surface area contributed by atoms with Crippen LogP contribution in [0.25, 0.3) is 0 Å². The lowest BCUT2D eigenvalue weighted by Crippen LogP contribution is -2.14. The third kappa shape index (κ3) is 3.73. The van der Waals surface area contributed by atoms with Gasteiger partial charge in [0.1, 0.15) is 5.75 Å². The second-order valence-corrected chi connectivity index (χ2v) is 6.21. The Kier molecular flexibility index (Phi) is 4.97. The van der Waals surface area contributed by atoms with Gasteiger partial charge in [0.2, 0.25) is 0 Å². The van der Waals surface area contributed by atoms with Crippen LogP contribution in [0.15, 0.2) is 47.4 Å². The van der Waals surface area contributed by atoms with E-state index in [2.05, 4.69) is 4.72 Å². The van der Waals surface area contributed by atoms with Crippen molar-refractivity contribution in [3.8, 4) is 5.75 Å². The summed E-state index contributed by atoms with van der Waals surface area (Å²) in [6, 6.07) is 8.90. The van der Waals surface area contributed by atoms with Gasteiger partial charge in [0.05, 0.1) is 17.2 Å². The maximum Gasteiger partial charge on any atom is 0.262 e. The maximum atomic E-state index is 13.2. The van der Waals surface area contributed by atoms with Gasteiger partial charge in [-0.15, -0.1) is 0 Å². The highest BCUT2D eigenvalue weighted by atomic mass is 32.2. The molecule has 2 aromatic rings. The van der Waals surface area contributed by atoms with Crippen molar-refractivity contribution in [1.29, 1.82) is 0 Å². The molecule has 0 aliphatic heterocycles. The first-order chi connectivity index (χ1) is 10.4. The Hall–Kier alpha value is -2.15. The number of halogens is 2. The molecule has 7 heteroatoms. The highest BCUT2D eigenvalue weighted by Crippen LogP contribution is 2.27. The molecule has 0 amide bonds. The molecule has 0 saturated heterocycles. The fraction of sp³-hybridized carbons (Fsp3) is 0.200. The first-order valence-electron chi connectivity index (χ1n) is 6.63. The van der Waals surface area contributed by atoms with Crippen LogP contribution in [0.3, 0.4) is 0 Å². The minimum Gasteiger partial charge on any atom is -0.491 e. The summed E-state index contributed by atoms with van der Waals surface area (Å²) in [5.41, 5.74) is 0.237. The Balaban J connectivity index is 2.30. The van der Waals surface area contributed by atoms with Crippen LogP contribution in [-0.4, -0.2) is 15.0 Å². The van der Waals surface area contributed by atoms with Crippen molar-refractivity contribution in [1.82, 2.24) is 0 Å². The summed E-state index contributed by atoms with van der Waals surface area (Å²) >= 11 is 0. The van der Waals surface area contributed by atoms with Gasteiger partial charge in [0.15, 0.2) is 11.6 Å². The molecule has 0 saturated carbocycles. The van der Waals surface area contributed by atoms with Gasteiger partial charge in [-0.2, -0.15) is 0 Å². The molecule has 118 valence electrons. The fourth-order valence-electron chi connectivity index (χ4n) is 1.74. The molecule has 0 heterocycles. The summed E-state index contributed by atoms with van der Waals surface area (Å²) in [4.78, 5) is -0.364. The summed E-state index contributed by atoms with van der Waals surface area (Å²) in [5.74, 6) is -1.96. The lowest BCUT2D eigenvalue weighted by Gasteiger charge is -2.13. The minimum atomic E-state index is -4.04. The summed E-state index contributed by atoms with van der Waals surface area (Å²) in [6.45, 7) is 2.36. The highest BCUT2D eigenvalue weighted by molar-refractivity contribution is 7.92. The number of ether oxygens (including phenoxy) is 1. The number of anilines is 1. The monoisotopic (exact) mass is 327 g/mol. The van der Waals surface area contributed by atoms with E-state index in [1.165, 1.54) is 6.07 Å². The molecular weight excluding hydrogens is 312 g/mol. The topological polar surface area (TPSA) is 55.4 Å². The number of nitrogens with one attached hydrogen (secondary N) is 1. The van der Waals surface area contributed by atoms with E-state index in [1.807, 2.05) is 6.92 Å². The molecule has 4 nitrogen and oxygen atoms in total. The van der Waals surface area contributed by atoms with Crippen LogP contribution in [0.5, 0.6) is 5.75 Å². The molecule has 0 unspecified atom stereocenters. The Morgan fingerprint density at radius 2 is 1.82 bits per heavy atom. The van der Waals surface area contributed by atoms with Crippen molar-refractivity contribution in [3.05, 3.63) is 54.1 Å². The van der Waals surface area contributed by atoms with Crippen molar-refractivity contribution in [2.24, 2.45) is 0 Å². The van der Waals surface area contributed by atoms with E-state index in [0.29, 0.717) is 18.4 Å². The van der Waals surface area contributed by atoms with Gasteiger partial charge < -0.3 is 4.74 Å². The maximum absolute atomic E-state index is 13.2. The van der Waals surface area contributed by atoms with Gasteiger partial charge in [-0.25, -0.2) is 17.2 Å². The van der Waals surface area contributed by atoms with Crippen LogP contribution in [0, 0.1) is 11.6 Å². The average molecular weight is 327 g/mol. The fourth-order valence-corrected chi connectivity index (χ4v) is 2.82. The van der Waals surface area contributed by atoms with Crippen molar-refractivity contribution in [2.75, 3.05) is 11.3 Å². The zero-order valence-electron chi connectivity index (χ0n) is 11.8. The van der Waals surface area contributed by atoms with Crippen LogP contribution >= 0.6 is 0 Å². The smallest absolute Gasteiger partial charge is 0.262 e. The molecule has 0 aromatic heterocycles. The van der Waals surface area contributed by atoms with E-state index < -0.39 is 21.7 Å². The number of hydrogen-bond acceptors (Lipinski definition) is 3. The first kappa shape index (κ1) is 16.2. The SMILES string of the molecule is CCCOc1ccccc1NS(=O)(=O)c1ccc(F)c(F)c1. The Labute approximate surface area is 127 Å². The predicted molar refractivity (Wildman–Crippen MR) is 79.4 cm³/mol. The summed E-state index contributed by atoms with van der Waals surface area (Å²) in [7, 11) is -4.04. The molecule has 0 aliphatic carbocycles. The Morgan fingerprint density at radius 1 is 1.09 bits per heavy atom. The van der Waals surface area contributed by atoms with Crippen molar-refractivity contribution >= 4 is 15.7 Å². The normalized spacial score (nSPS) is 11.2. The number of hydrogen-bond donors (Lipinski definition) is 1. The molecular formula is C15H15F2NO3S. The number of rotatable bonds is 6. The van der Waals surface area contributed by atoms with Crippen LogP contribution in [0.4, 0.5) is 14.5 Å². The first-order valence-corrected chi connectivity index (χ1v) is 8.12. The van der Waals surface area contributed by atoms with Gasteiger partial charge in [-0.1, -0.05) is 19.1 Å². The quantitative estimate of drug-likeness (QED) is 0.883. The molecule has 0 fully saturated rings. The van der Waals surface area contributed by atoms with E-state index in [1.54, 1.807) is 18.2 Å². The average Bonchev–Trinajstić information content (AvgIpc) is 2.48. The lowest BCUT2D eigenvalue weighted by molar-refractivity contribution is 0.319. The van der Waals surface area contributed by atoms with Gasteiger partial charge in [0, 0.05) is 0 Å². The van der Waals surface area contributed by atoms with Crippen molar-refractivity contribution in [3.63, 3.8) is 0 Å². The molecule has 0 radical (unpaired) electrons. The highest BCUT2D eigenvalue weighted by Gasteiger charge is 2.18. The Morgan fingerprint density at radius 3 is 2.50 bits per heavy atom. The molecule has 0 bridgehead atoms. The van der Waals surface area contributed by atoms with Crippen LogP contribution in [-0.2, 0) is 10.0 Å². The largest absolute Gasteiger partial charge is 0.491 e. The predicted octanol–water partition coefficient (Wildman–Crippen LogP) is 3.55. The van der Waals surface area contributed by atoms with E-state index in [-0.39, 0.29) is 10.6 Å². The second-order valence-electron chi connectivity index (χ2n) is 4.53. The minimum absolute atomic E-state index is 0.237. The van der Waals surface area contributed by atoms with Gasteiger partial charge in [0.25, 0.3) is 10.0 Å². The van der Waals surface area contributed by atoms with E-state index in [9.17, 15) is 17.2 Å². The molecule has 0 spiro atoms. The zero-order chi connectivity index (χ0) is 16.2. The lowest BCUT2D eigenvalue weighted by atomic mass is 10.3. The van der Waals surface area contributed by atoms with Crippen LogP contribution in [0.1, 0.15) is 13.3 Å². The molecule has 2 aromatic carbocycles. The van der Waals surface area contributed by atoms with Gasteiger partial charge in [-0.3, -0.25) is 4.72 Å². The molecule has 1 N–H and O–H groups in total. The van der Waals surface area contributed by atoms with Gasteiger partial charge >= 0.3 is 0 Å². The molecule has 22 heavy (non-hydrogen) atoms. The molecule has 2 rings (SSSR count). The number of para-hydroxylation sites is 2. The number of benzene rings is 2. The number of sulfonamides is 1. The van der Waals surface area contributed by atoms with Crippen molar-refractivity contribution < 1.29 is 21.9 Å². The third-order valence-electron chi connectivity index (χ3n) is 2.79. The van der Waals surface area contributed by atoms with Crippen LogP contribution in [0.2, 0.25) is 0 Å². The second kappa shape index (κ2) is 6.74. The van der Waals surface area contributed by atoms with E-state index in [0.717, 1.165) is 18.6 Å². The zero-order valence-corrected chi connectivity index (χ0v) is 12.7.